The number of halogens is 1. The third-order valence-corrected chi connectivity index (χ3v) is 11.3. The molecule has 0 N–H and O–H groups in total. The third kappa shape index (κ3) is 1.85. The Morgan fingerprint density at radius 1 is 1.20 bits per heavy atom. The highest BCUT2D eigenvalue weighted by atomic mass is 127. The van der Waals surface area contributed by atoms with Gasteiger partial charge in [-0.2, -0.15) is 0 Å². The monoisotopic (exact) mass is 448 g/mol. The second kappa shape index (κ2) is 4.66. The van der Waals surface area contributed by atoms with Gasteiger partial charge in [0.05, 0.1) is 7.96 Å². The van der Waals surface area contributed by atoms with Gasteiger partial charge in [0, 0.05) is 41.0 Å². The Morgan fingerprint density at radius 3 is 3.00 bits per heavy atom. The lowest BCUT2D eigenvalue weighted by Crippen LogP contribution is -2.31. The van der Waals surface area contributed by atoms with Crippen LogP contribution in [0, 0.1) is 12.8 Å². The predicted molar refractivity (Wildman–Crippen MR) is 105 cm³/mol. The van der Waals surface area contributed by atoms with Crippen LogP contribution in [-0.4, -0.2) is 19.0 Å². The lowest BCUT2D eigenvalue weighted by atomic mass is 9.94. The molecular weight excluding hydrogens is 435 g/mol. The number of hydrogen-bond acceptors (Lipinski definition) is 4. The number of thioether (sulfide) groups is 2. The zero-order valence-corrected chi connectivity index (χ0v) is 16.3. The molecule has 2 aromatic rings. The molecule has 5 atom stereocenters. The number of alkyl halides is 1. The molecule has 0 bridgehead atoms. The highest BCUT2D eigenvalue weighted by Gasteiger charge is 2.48. The fourth-order valence-corrected chi connectivity index (χ4v) is 11.7. The number of fused-ring (bicyclic) bond motifs is 6. The van der Waals surface area contributed by atoms with E-state index in [-0.39, 0.29) is 0 Å². The topological polar surface area (TPSA) is 0 Å². The minimum absolute atomic E-state index is 0.731. The number of rotatable bonds is 0. The van der Waals surface area contributed by atoms with Gasteiger partial charge < -0.3 is 0 Å². The van der Waals surface area contributed by atoms with Gasteiger partial charge in [-0.05, 0) is 19.4 Å². The molecule has 0 saturated carbocycles. The van der Waals surface area contributed by atoms with Gasteiger partial charge in [0.25, 0.3) is 0 Å². The van der Waals surface area contributed by atoms with Gasteiger partial charge in [0.1, 0.15) is 0 Å². The van der Waals surface area contributed by atoms with Gasteiger partial charge in [-0.25, -0.2) is 0 Å². The van der Waals surface area contributed by atoms with Crippen molar-refractivity contribution in [3.63, 3.8) is 0 Å². The second-order valence-electron chi connectivity index (χ2n) is 5.73. The van der Waals surface area contributed by atoms with E-state index < -0.39 is 0 Å². The standard InChI is InChI=1S/C15H13IS4/c1-6-2-11-14(17-6)7-3-10-8(4-9(7)18-11)15-12(19-10)5-13(16)20-15/h2-4,8,10,12-13,15H,5H2,1H3. The van der Waals surface area contributed by atoms with Crippen molar-refractivity contribution in [3.05, 3.63) is 20.7 Å². The van der Waals surface area contributed by atoms with Crippen molar-refractivity contribution in [1.29, 1.82) is 0 Å². The maximum absolute atomic E-state index is 2.63. The van der Waals surface area contributed by atoms with Crippen LogP contribution in [-0.2, 0) is 0 Å². The predicted octanol–water partition coefficient (Wildman–Crippen LogP) is 4.21. The van der Waals surface area contributed by atoms with Crippen molar-refractivity contribution in [2.24, 2.45) is 5.92 Å². The van der Waals surface area contributed by atoms with Crippen LogP contribution in [0.5, 0.6) is 0 Å². The van der Waals surface area contributed by atoms with Crippen molar-refractivity contribution in [1.82, 2.24) is 0 Å². The molecule has 2 fully saturated rings. The molecule has 0 radical (unpaired) electrons. The van der Waals surface area contributed by atoms with E-state index in [0.717, 1.165) is 24.9 Å². The van der Waals surface area contributed by atoms with E-state index in [1.807, 2.05) is 22.7 Å². The number of aryl methyl sites for hydroxylation is 1. The molecule has 20 heavy (non-hydrogen) atoms. The average Bonchev–Trinajstić information content (AvgIpc) is 3.06. The molecule has 2 aromatic heterocycles. The SMILES string of the molecule is Cc1cc2sc3c(c2s1)=CC1SC2CC(I)SC2C1C=3. The molecule has 2 aliphatic heterocycles. The van der Waals surface area contributed by atoms with E-state index in [1.54, 1.807) is 9.75 Å². The molecule has 5 heteroatoms. The molecule has 1 aliphatic carbocycles. The summed E-state index contributed by atoms with van der Waals surface area (Å²) in [5.74, 6) is 0.774. The smallest absolute Gasteiger partial charge is 0.0578 e. The van der Waals surface area contributed by atoms with Gasteiger partial charge in [0.15, 0.2) is 0 Å². The Balaban J connectivity index is 1.68. The Labute approximate surface area is 148 Å². The molecule has 0 spiro atoms. The maximum atomic E-state index is 2.63. The first-order chi connectivity index (χ1) is 9.69. The van der Waals surface area contributed by atoms with Crippen LogP contribution in [0.15, 0.2) is 6.07 Å². The Hall–Kier alpha value is 0.830. The molecule has 0 nitrogen and oxygen atoms in total. The van der Waals surface area contributed by atoms with Crippen molar-refractivity contribution < 1.29 is 0 Å². The largest absolute Gasteiger partial charge is 0.149 e. The van der Waals surface area contributed by atoms with E-state index in [4.69, 9.17) is 0 Å². The van der Waals surface area contributed by atoms with Crippen LogP contribution in [0.4, 0.5) is 0 Å². The first-order valence-corrected chi connectivity index (χ1v) is 11.6. The van der Waals surface area contributed by atoms with E-state index in [9.17, 15) is 0 Å². The molecule has 0 amide bonds. The fourth-order valence-electron chi connectivity index (χ4n) is 3.58. The lowest BCUT2D eigenvalue weighted by molar-refractivity contribution is 0.696. The molecule has 4 heterocycles. The summed E-state index contributed by atoms with van der Waals surface area (Å²) in [5, 5.41) is 4.03. The van der Waals surface area contributed by atoms with Crippen LogP contribution in [0.3, 0.4) is 0 Å². The Morgan fingerprint density at radius 2 is 2.10 bits per heavy atom. The highest BCUT2D eigenvalue weighted by molar-refractivity contribution is 14.1. The molecule has 3 aliphatic rings. The summed E-state index contributed by atoms with van der Waals surface area (Å²) in [6.45, 7) is 2.23. The van der Waals surface area contributed by atoms with E-state index in [2.05, 4.69) is 71.3 Å². The summed E-state index contributed by atoms with van der Waals surface area (Å²) in [6.07, 6.45) is 6.61. The molecular formula is C15H13IS4. The summed E-state index contributed by atoms with van der Waals surface area (Å²) < 4.78 is 5.42. The summed E-state index contributed by atoms with van der Waals surface area (Å²) >= 11 is 11.1. The third-order valence-electron chi connectivity index (χ3n) is 4.41. The molecule has 5 rings (SSSR count). The van der Waals surface area contributed by atoms with Gasteiger partial charge in [-0.1, -0.05) is 34.7 Å². The van der Waals surface area contributed by atoms with Crippen LogP contribution in [0.2, 0.25) is 0 Å². The quantitative estimate of drug-likeness (QED) is 0.438. The highest BCUT2D eigenvalue weighted by Crippen LogP contribution is 2.56. The Bertz CT molecular complexity index is 817. The normalized spacial score (nSPS) is 38.2. The second-order valence-corrected chi connectivity index (χ2v) is 13.2. The Kier molecular flexibility index (Phi) is 3.10. The summed E-state index contributed by atoms with van der Waals surface area (Å²) in [5.41, 5.74) is 0. The molecule has 104 valence electrons. The molecule has 0 aromatic carbocycles. The summed E-state index contributed by atoms with van der Waals surface area (Å²) in [7, 11) is 0. The van der Waals surface area contributed by atoms with Crippen molar-refractivity contribution >= 4 is 90.3 Å². The van der Waals surface area contributed by atoms with Crippen molar-refractivity contribution in [3.8, 4) is 0 Å². The van der Waals surface area contributed by atoms with E-state index in [0.29, 0.717) is 0 Å². The maximum Gasteiger partial charge on any atom is 0.0578 e. The van der Waals surface area contributed by atoms with Gasteiger partial charge in [-0.3, -0.25) is 0 Å². The first kappa shape index (κ1) is 13.3. The van der Waals surface area contributed by atoms with Crippen LogP contribution in [0.1, 0.15) is 11.3 Å². The van der Waals surface area contributed by atoms with Crippen LogP contribution >= 0.6 is 68.8 Å². The van der Waals surface area contributed by atoms with E-state index in [1.165, 1.54) is 20.7 Å². The number of hydrogen-bond donors (Lipinski definition) is 0. The van der Waals surface area contributed by atoms with Crippen molar-refractivity contribution in [2.75, 3.05) is 0 Å². The van der Waals surface area contributed by atoms with Crippen LogP contribution in [0.25, 0.3) is 21.6 Å². The molecule has 2 saturated heterocycles. The minimum atomic E-state index is 0.731. The van der Waals surface area contributed by atoms with E-state index >= 15 is 0 Å². The minimum Gasteiger partial charge on any atom is -0.149 e. The fraction of sp³-hybridized carbons (Fsp3) is 0.467. The zero-order valence-electron chi connectivity index (χ0n) is 10.8. The zero-order chi connectivity index (χ0) is 13.4. The van der Waals surface area contributed by atoms with Crippen molar-refractivity contribution in [2.45, 2.75) is 32.4 Å². The summed E-state index contributed by atoms with van der Waals surface area (Å²) in [6, 6.07) is 2.36. The number of thiophene rings is 2. The average molecular weight is 448 g/mol. The van der Waals surface area contributed by atoms with Gasteiger partial charge in [-0.15, -0.1) is 46.2 Å². The van der Waals surface area contributed by atoms with Crippen LogP contribution < -0.4 is 9.75 Å². The summed E-state index contributed by atoms with van der Waals surface area (Å²) in [4.78, 5) is 1.45. The van der Waals surface area contributed by atoms with Gasteiger partial charge in [0.2, 0.25) is 0 Å². The lowest BCUT2D eigenvalue weighted by Gasteiger charge is -2.19. The van der Waals surface area contributed by atoms with Gasteiger partial charge >= 0.3 is 0 Å². The first-order valence-electron chi connectivity index (χ1n) is 6.87. The molecule has 5 unspecified atom stereocenters.